The fourth-order valence-corrected chi connectivity index (χ4v) is 2.03. The lowest BCUT2D eigenvalue weighted by molar-refractivity contribution is -0.152. The number of nitriles is 1. The van der Waals surface area contributed by atoms with Crippen LogP contribution < -0.4 is 4.74 Å². The SMILES string of the molecule is C[C@@H](Oc1ccc(Br)cc1)C(=O)OCc1cccc(C#N)c1. The van der Waals surface area contributed by atoms with Gasteiger partial charge in [0, 0.05) is 4.47 Å². The van der Waals surface area contributed by atoms with E-state index in [1.165, 1.54) is 0 Å². The van der Waals surface area contributed by atoms with E-state index in [9.17, 15) is 4.79 Å². The van der Waals surface area contributed by atoms with Crippen molar-refractivity contribution in [1.82, 2.24) is 0 Å². The van der Waals surface area contributed by atoms with Gasteiger partial charge in [-0.2, -0.15) is 5.26 Å². The van der Waals surface area contributed by atoms with E-state index in [4.69, 9.17) is 14.7 Å². The van der Waals surface area contributed by atoms with Gasteiger partial charge in [-0.3, -0.25) is 0 Å². The quantitative estimate of drug-likeness (QED) is 0.761. The third-order valence-electron chi connectivity index (χ3n) is 2.90. The molecule has 0 spiro atoms. The molecule has 0 fully saturated rings. The van der Waals surface area contributed by atoms with Gasteiger partial charge < -0.3 is 9.47 Å². The summed E-state index contributed by atoms with van der Waals surface area (Å²) in [6, 6.07) is 16.2. The van der Waals surface area contributed by atoms with Gasteiger partial charge in [-0.05, 0) is 48.9 Å². The second-order valence-electron chi connectivity index (χ2n) is 4.63. The van der Waals surface area contributed by atoms with Gasteiger partial charge in [0.25, 0.3) is 0 Å². The van der Waals surface area contributed by atoms with E-state index in [0.717, 1.165) is 10.0 Å². The molecule has 22 heavy (non-hydrogen) atoms. The monoisotopic (exact) mass is 359 g/mol. The maximum absolute atomic E-state index is 11.9. The van der Waals surface area contributed by atoms with Gasteiger partial charge in [-0.15, -0.1) is 0 Å². The Bertz CT molecular complexity index is 692. The smallest absolute Gasteiger partial charge is 0.347 e. The maximum Gasteiger partial charge on any atom is 0.347 e. The van der Waals surface area contributed by atoms with E-state index in [-0.39, 0.29) is 6.61 Å². The van der Waals surface area contributed by atoms with E-state index in [1.807, 2.05) is 18.2 Å². The highest BCUT2D eigenvalue weighted by Gasteiger charge is 2.16. The number of rotatable bonds is 5. The zero-order chi connectivity index (χ0) is 15.9. The van der Waals surface area contributed by atoms with Crippen LogP contribution in [-0.2, 0) is 16.1 Å². The molecule has 2 aromatic carbocycles. The normalized spacial score (nSPS) is 11.3. The summed E-state index contributed by atoms with van der Waals surface area (Å²) >= 11 is 3.33. The first-order valence-electron chi connectivity index (χ1n) is 6.66. The topological polar surface area (TPSA) is 59.3 Å². The lowest BCUT2D eigenvalue weighted by Gasteiger charge is -2.14. The average molecular weight is 360 g/mol. The van der Waals surface area contributed by atoms with E-state index >= 15 is 0 Å². The standard InChI is InChI=1S/C17H14BrNO3/c1-12(22-16-7-5-15(18)6-8-16)17(20)21-11-14-4-2-3-13(9-14)10-19/h2-9,12H,11H2,1H3/t12-/m1/s1. The van der Waals surface area contributed by atoms with Crippen molar-refractivity contribution < 1.29 is 14.3 Å². The predicted octanol–water partition coefficient (Wildman–Crippen LogP) is 3.83. The van der Waals surface area contributed by atoms with E-state index in [1.54, 1.807) is 43.3 Å². The van der Waals surface area contributed by atoms with Crippen molar-refractivity contribution in [2.24, 2.45) is 0 Å². The molecule has 0 radical (unpaired) electrons. The Labute approximate surface area is 137 Å². The third kappa shape index (κ3) is 4.61. The first-order valence-corrected chi connectivity index (χ1v) is 7.45. The number of benzene rings is 2. The molecule has 0 bridgehead atoms. The molecular weight excluding hydrogens is 346 g/mol. The number of nitrogens with zero attached hydrogens (tertiary/aromatic N) is 1. The van der Waals surface area contributed by atoms with Gasteiger partial charge in [0.15, 0.2) is 6.10 Å². The van der Waals surface area contributed by atoms with Crippen LogP contribution in [0.15, 0.2) is 53.0 Å². The van der Waals surface area contributed by atoms with Gasteiger partial charge in [0.1, 0.15) is 12.4 Å². The highest BCUT2D eigenvalue weighted by molar-refractivity contribution is 9.10. The highest BCUT2D eigenvalue weighted by Crippen LogP contribution is 2.17. The molecular formula is C17H14BrNO3. The Morgan fingerprint density at radius 3 is 2.68 bits per heavy atom. The van der Waals surface area contributed by atoms with E-state index in [2.05, 4.69) is 15.9 Å². The van der Waals surface area contributed by atoms with E-state index in [0.29, 0.717) is 11.3 Å². The molecule has 0 aliphatic heterocycles. The fourth-order valence-electron chi connectivity index (χ4n) is 1.77. The maximum atomic E-state index is 11.9. The molecule has 0 saturated heterocycles. The fraction of sp³-hybridized carbons (Fsp3) is 0.176. The molecule has 2 rings (SSSR count). The molecule has 0 saturated carbocycles. The summed E-state index contributed by atoms with van der Waals surface area (Å²) in [6.07, 6.45) is -0.708. The minimum Gasteiger partial charge on any atom is -0.479 e. The lowest BCUT2D eigenvalue weighted by Crippen LogP contribution is -2.26. The second-order valence-corrected chi connectivity index (χ2v) is 5.55. The van der Waals surface area contributed by atoms with Gasteiger partial charge >= 0.3 is 5.97 Å². The molecule has 0 heterocycles. The first-order chi connectivity index (χ1) is 10.6. The summed E-state index contributed by atoms with van der Waals surface area (Å²) < 4.78 is 11.7. The molecule has 0 aliphatic rings. The number of hydrogen-bond acceptors (Lipinski definition) is 4. The Morgan fingerprint density at radius 2 is 2.00 bits per heavy atom. The average Bonchev–Trinajstić information content (AvgIpc) is 2.54. The van der Waals surface area contributed by atoms with Crippen LogP contribution in [0.3, 0.4) is 0 Å². The van der Waals surface area contributed by atoms with Crippen molar-refractivity contribution in [3.8, 4) is 11.8 Å². The first kappa shape index (κ1) is 16.1. The summed E-state index contributed by atoms with van der Waals surface area (Å²) in [7, 11) is 0. The minimum absolute atomic E-state index is 0.113. The van der Waals surface area contributed by atoms with Gasteiger partial charge in [-0.1, -0.05) is 28.1 Å². The number of halogens is 1. The van der Waals surface area contributed by atoms with Crippen molar-refractivity contribution in [2.45, 2.75) is 19.6 Å². The Kier molecular flexibility index (Phi) is 5.56. The number of carbonyl (C=O) groups is 1. The Balaban J connectivity index is 1.88. The number of carbonyl (C=O) groups excluding carboxylic acids is 1. The van der Waals surface area contributed by atoms with Crippen LogP contribution in [0.2, 0.25) is 0 Å². The Hall–Kier alpha value is -2.32. The number of hydrogen-bond donors (Lipinski definition) is 0. The largest absolute Gasteiger partial charge is 0.479 e. The minimum atomic E-state index is -0.708. The summed E-state index contributed by atoms with van der Waals surface area (Å²) in [5.74, 6) is 0.143. The van der Waals surface area contributed by atoms with Gasteiger partial charge in [0.2, 0.25) is 0 Å². The zero-order valence-electron chi connectivity index (χ0n) is 12.0. The van der Waals surface area contributed by atoms with E-state index < -0.39 is 12.1 Å². The lowest BCUT2D eigenvalue weighted by atomic mass is 10.1. The molecule has 0 N–H and O–H groups in total. The highest BCUT2D eigenvalue weighted by atomic mass is 79.9. The van der Waals surface area contributed by atoms with Gasteiger partial charge in [0.05, 0.1) is 11.6 Å². The third-order valence-corrected chi connectivity index (χ3v) is 3.42. The predicted molar refractivity (Wildman–Crippen MR) is 85.2 cm³/mol. The molecule has 0 aromatic heterocycles. The Morgan fingerprint density at radius 1 is 1.27 bits per heavy atom. The summed E-state index contributed by atoms with van der Waals surface area (Å²) in [6.45, 7) is 1.75. The molecule has 0 amide bonds. The molecule has 112 valence electrons. The van der Waals surface area contributed by atoms with Crippen LogP contribution in [0.25, 0.3) is 0 Å². The molecule has 0 unspecified atom stereocenters. The summed E-state index contributed by atoms with van der Waals surface area (Å²) in [4.78, 5) is 11.9. The molecule has 0 aliphatic carbocycles. The van der Waals surface area contributed by atoms with Crippen LogP contribution in [0.1, 0.15) is 18.1 Å². The molecule has 2 aromatic rings. The van der Waals surface area contributed by atoms with Gasteiger partial charge in [-0.25, -0.2) is 4.79 Å². The molecule has 5 heteroatoms. The zero-order valence-corrected chi connectivity index (χ0v) is 13.5. The van der Waals surface area contributed by atoms with Crippen LogP contribution in [0.5, 0.6) is 5.75 Å². The molecule has 4 nitrogen and oxygen atoms in total. The summed E-state index contributed by atoms with van der Waals surface area (Å²) in [5.41, 5.74) is 1.30. The van der Waals surface area contributed by atoms with Crippen LogP contribution in [0.4, 0.5) is 0 Å². The van der Waals surface area contributed by atoms with Crippen molar-refractivity contribution in [1.29, 1.82) is 5.26 Å². The van der Waals surface area contributed by atoms with Crippen LogP contribution in [0, 0.1) is 11.3 Å². The second kappa shape index (κ2) is 7.62. The van der Waals surface area contributed by atoms with Crippen molar-refractivity contribution >= 4 is 21.9 Å². The number of ether oxygens (including phenoxy) is 2. The van der Waals surface area contributed by atoms with Crippen molar-refractivity contribution in [3.63, 3.8) is 0 Å². The van der Waals surface area contributed by atoms with Crippen molar-refractivity contribution in [3.05, 3.63) is 64.1 Å². The summed E-state index contributed by atoms with van der Waals surface area (Å²) in [5, 5.41) is 8.83. The van der Waals surface area contributed by atoms with Crippen LogP contribution in [-0.4, -0.2) is 12.1 Å². The number of esters is 1. The van der Waals surface area contributed by atoms with Crippen LogP contribution >= 0.6 is 15.9 Å². The van der Waals surface area contributed by atoms with Crippen molar-refractivity contribution in [2.75, 3.05) is 0 Å². The molecule has 1 atom stereocenters.